The van der Waals surface area contributed by atoms with Crippen molar-refractivity contribution in [3.63, 3.8) is 0 Å². The van der Waals surface area contributed by atoms with Gasteiger partial charge in [-0.2, -0.15) is 5.10 Å². The predicted octanol–water partition coefficient (Wildman–Crippen LogP) is 1.83. The summed E-state index contributed by atoms with van der Waals surface area (Å²) in [5.74, 6) is 0.913. The lowest BCUT2D eigenvalue weighted by molar-refractivity contribution is -0.0622. The van der Waals surface area contributed by atoms with E-state index in [0.29, 0.717) is 6.10 Å². The fraction of sp³-hybridized carbons (Fsp3) is 0.867. The molecule has 0 aromatic carbocycles. The molecule has 0 radical (unpaired) electrons. The fourth-order valence-corrected chi connectivity index (χ4v) is 3.56. The molecule has 5 heteroatoms. The first kappa shape index (κ1) is 14.0. The van der Waals surface area contributed by atoms with Crippen LogP contribution >= 0.6 is 0 Å². The Morgan fingerprint density at radius 2 is 2.20 bits per heavy atom. The zero-order chi connectivity index (χ0) is 13.8. The molecular weight excluding hydrogens is 252 g/mol. The minimum absolute atomic E-state index is 0.243. The van der Waals surface area contributed by atoms with Crippen LogP contribution in [0.25, 0.3) is 0 Å². The van der Waals surface area contributed by atoms with E-state index in [1.54, 1.807) is 11.0 Å². The van der Waals surface area contributed by atoms with Crippen LogP contribution < -0.4 is 5.32 Å². The molecule has 3 rings (SSSR count). The van der Waals surface area contributed by atoms with Crippen LogP contribution in [-0.4, -0.2) is 39.6 Å². The van der Waals surface area contributed by atoms with Crippen LogP contribution in [0.3, 0.4) is 0 Å². The van der Waals surface area contributed by atoms with Crippen molar-refractivity contribution in [2.75, 3.05) is 13.1 Å². The molecule has 112 valence electrons. The topological polar surface area (TPSA) is 52.0 Å². The molecule has 20 heavy (non-hydrogen) atoms. The number of hydrogen-bond donors (Lipinski definition) is 1. The van der Waals surface area contributed by atoms with Crippen molar-refractivity contribution >= 4 is 0 Å². The van der Waals surface area contributed by atoms with Gasteiger partial charge in [0.15, 0.2) is 5.82 Å². The van der Waals surface area contributed by atoms with E-state index in [0.717, 1.165) is 25.3 Å². The van der Waals surface area contributed by atoms with Crippen LogP contribution in [0.1, 0.15) is 50.8 Å². The van der Waals surface area contributed by atoms with Gasteiger partial charge in [-0.3, -0.25) is 4.68 Å². The molecule has 2 fully saturated rings. The Bertz CT molecular complexity index is 425. The Morgan fingerprint density at radius 3 is 2.95 bits per heavy atom. The van der Waals surface area contributed by atoms with Gasteiger partial charge >= 0.3 is 0 Å². The lowest BCUT2D eigenvalue weighted by atomic mass is 9.83. The summed E-state index contributed by atoms with van der Waals surface area (Å²) in [5, 5.41) is 7.78. The highest BCUT2D eigenvalue weighted by Crippen LogP contribution is 2.41. The van der Waals surface area contributed by atoms with Crippen LogP contribution in [-0.2, 0) is 18.2 Å². The quantitative estimate of drug-likeness (QED) is 0.835. The Labute approximate surface area is 121 Å². The average Bonchev–Trinajstić information content (AvgIpc) is 3.03. The van der Waals surface area contributed by atoms with E-state index in [1.807, 2.05) is 7.05 Å². The van der Waals surface area contributed by atoms with Gasteiger partial charge in [-0.05, 0) is 25.7 Å². The first-order chi connectivity index (χ1) is 9.76. The average molecular weight is 278 g/mol. The summed E-state index contributed by atoms with van der Waals surface area (Å²) >= 11 is 0. The van der Waals surface area contributed by atoms with Crippen LogP contribution in [0, 0.1) is 0 Å². The lowest BCUT2D eigenvalue weighted by Gasteiger charge is -2.33. The SMILES string of the molecule is Cn1cnc(CCNCC2CCC3(CCCCC3)O2)n1. The van der Waals surface area contributed by atoms with Gasteiger partial charge in [-0.15, -0.1) is 0 Å². The first-order valence-corrected chi connectivity index (χ1v) is 7.99. The molecule has 2 heterocycles. The molecule has 0 amide bonds. The van der Waals surface area contributed by atoms with E-state index in [9.17, 15) is 0 Å². The molecule has 1 saturated heterocycles. The minimum Gasteiger partial charge on any atom is -0.370 e. The van der Waals surface area contributed by atoms with Gasteiger partial charge in [-0.25, -0.2) is 4.98 Å². The number of aromatic nitrogens is 3. The normalized spacial score (nSPS) is 25.4. The number of rotatable bonds is 5. The monoisotopic (exact) mass is 278 g/mol. The third kappa shape index (κ3) is 3.38. The van der Waals surface area contributed by atoms with Crippen LogP contribution in [0.15, 0.2) is 6.33 Å². The maximum atomic E-state index is 6.35. The van der Waals surface area contributed by atoms with E-state index in [4.69, 9.17) is 4.74 Å². The number of aryl methyl sites for hydroxylation is 1. The van der Waals surface area contributed by atoms with E-state index < -0.39 is 0 Å². The second-order valence-corrected chi connectivity index (χ2v) is 6.31. The van der Waals surface area contributed by atoms with E-state index in [1.165, 1.54) is 44.9 Å². The molecule has 1 aliphatic heterocycles. The van der Waals surface area contributed by atoms with Gasteiger partial charge in [0.1, 0.15) is 6.33 Å². The summed E-state index contributed by atoms with van der Waals surface area (Å²) in [7, 11) is 1.90. The summed E-state index contributed by atoms with van der Waals surface area (Å²) in [6.45, 7) is 1.89. The second kappa shape index (κ2) is 6.22. The predicted molar refractivity (Wildman–Crippen MR) is 77.5 cm³/mol. The van der Waals surface area contributed by atoms with Gasteiger partial charge in [0, 0.05) is 26.6 Å². The Hall–Kier alpha value is -0.940. The summed E-state index contributed by atoms with van der Waals surface area (Å²) in [6.07, 6.45) is 12.2. The second-order valence-electron chi connectivity index (χ2n) is 6.31. The smallest absolute Gasteiger partial charge is 0.151 e. The van der Waals surface area contributed by atoms with Gasteiger partial charge in [-0.1, -0.05) is 19.3 Å². The van der Waals surface area contributed by atoms with E-state index in [2.05, 4.69) is 15.4 Å². The van der Waals surface area contributed by atoms with Crippen molar-refractivity contribution in [1.82, 2.24) is 20.1 Å². The molecular formula is C15H26N4O. The molecule has 2 aliphatic rings. The summed E-state index contributed by atoms with van der Waals surface area (Å²) < 4.78 is 8.10. The molecule has 1 saturated carbocycles. The molecule has 1 N–H and O–H groups in total. The molecule has 1 unspecified atom stereocenters. The zero-order valence-electron chi connectivity index (χ0n) is 12.5. The highest BCUT2D eigenvalue weighted by molar-refractivity contribution is 4.92. The van der Waals surface area contributed by atoms with Crippen molar-refractivity contribution in [1.29, 1.82) is 0 Å². The van der Waals surface area contributed by atoms with Crippen LogP contribution in [0.4, 0.5) is 0 Å². The largest absolute Gasteiger partial charge is 0.370 e. The van der Waals surface area contributed by atoms with Gasteiger partial charge in [0.05, 0.1) is 11.7 Å². The Balaban J connectivity index is 1.35. The molecule has 1 aliphatic carbocycles. The number of ether oxygens (including phenoxy) is 1. The number of nitrogens with one attached hydrogen (secondary N) is 1. The van der Waals surface area contributed by atoms with Gasteiger partial charge in [0.2, 0.25) is 0 Å². The number of nitrogens with zero attached hydrogens (tertiary/aromatic N) is 3. The summed E-state index contributed by atoms with van der Waals surface area (Å²) in [4.78, 5) is 4.23. The van der Waals surface area contributed by atoms with Crippen molar-refractivity contribution in [2.45, 2.75) is 63.1 Å². The molecule has 1 aromatic heterocycles. The van der Waals surface area contributed by atoms with E-state index >= 15 is 0 Å². The number of hydrogen-bond acceptors (Lipinski definition) is 4. The third-order valence-corrected chi connectivity index (χ3v) is 4.65. The maximum absolute atomic E-state index is 6.35. The van der Waals surface area contributed by atoms with E-state index in [-0.39, 0.29) is 5.60 Å². The molecule has 1 atom stereocenters. The van der Waals surface area contributed by atoms with Crippen LogP contribution in [0.2, 0.25) is 0 Å². The van der Waals surface area contributed by atoms with Crippen molar-refractivity contribution in [2.24, 2.45) is 7.05 Å². The molecule has 5 nitrogen and oxygen atoms in total. The summed E-state index contributed by atoms with van der Waals surface area (Å²) in [6, 6.07) is 0. The highest BCUT2D eigenvalue weighted by Gasteiger charge is 2.40. The van der Waals surface area contributed by atoms with Crippen LogP contribution in [0.5, 0.6) is 0 Å². The molecule has 1 spiro atoms. The third-order valence-electron chi connectivity index (χ3n) is 4.65. The standard InChI is InChI=1S/C15H26N4O/c1-19-12-17-14(18-19)6-10-16-11-13-5-9-15(20-13)7-3-2-4-8-15/h12-13,16H,2-11H2,1H3. The highest BCUT2D eigenvalue weighted by atomic mass is 16.5. The zero-order valence-corrected chi connectivity index (χ0v) is 12.5. The van der Waals surface area contributed by atoms with Crippen molar-refractivity contribution in [3.8, 4) is 0 Å². The summed E-state index contributed by atoms with van der Waals surface area (Å²) in [5.41, 5.74) is 0.243. The molecule has 1 aromatic rings. The van der Waals surface area contributed by atoms with Crippen molar-refractivity contribution in [3.05, 3.63) is 12.2 Å². The lowest BCUT2D eigenvalue weighted by Crippen LogP contribution is -2.35. The molecule has 0 bridgehead atoms. The maximum Gasteiger partial charge on any atom is 0.151 e. The minimum atomic E-state index is 0.243. The Morgan fingerprint density at radius 1 is 1.35 bits per heavy atom. The Kier molecular flexibility index (Phi) is 4.36. The van der Waals surface area contributed by atoms with Crippen molar-refractivity contribution < 1.29 is 4.74 Å². The van der Waals surface area contributed by atoms with Gasteiger partial charge in [0.25, 0.3) is 0 Å². The van der Waals surface area contributed by atoms with Gasteiger partial charge < -0.3 is 10.1 Å². The first-order valence-electron chi connectivity index (χ1n) is 7.99. The fourth-order valence-electron chi connectivity index (χ4n) is 3.56.